The van der Waals surface area contributed by atoms with E-state index in [9.17, 15) is 0 Å². The van der Waals surface area contributed by atoms with Crippen molar-refractivity contribution in [3.05, 3.63) is 0 Å². The number of rotatable bonds is 13. The molecule has 0 nitrogen and oxygen atoms in total. The fourth-order valence-corrected chi connectivity index (χ4v) is 4.42. The maximum Gasteiger partial charge on any atom is 0.117 e. The summed E-state index contributed by atoms with van der Waals surface area (Å²) in [5.74, 6) is 1.86. The zero-order chi connectivity index (χ0) is 17.3. The second-order valence-corrected chi connectivity index (χ2v) is 8.46. The van der Waals surface area contributed by atoms with E-state index in [1.807, 2.05) is 0 Å². The molecule has 1 atom stereocenters. The van der Waals surface area contributed by atoms with Crippen molar-refractivity contribution in [3.63, 3.8) is 0 Å². The smallest absolute Gasteiger partial charge is 0.0686 e. The van der Waals surface area contributed by atoms with Crippen LogP contribution < -0.4 is 0 Å². The number of unbranched alkanes of at least 4 members (excludes halogenated alkanes) is 7. The van der Waals surface area contributed by atoms with Crippen LogP contribution in [0.1, 0.15) is 136 Å². The molecule has 0 saturated heterocycles. The Morgan fingerprint density at radius 1 is 0.625 bits per heavy atom. The van der Waals surface area contributed by atoms with Crippen LogP contribution in [-0.4, -0.2) is 7.28 Å². The minimum Gasteiger partial charge on any atom is -0.0686 e. The Kier molecular flexibility index (Phi) is 15.2. The van der Waals surface area contributed by atoms with Gasteiger partial charge < -0.3 is 0 Å². The van der Waals surface area contributed by atoms with Crippen LogP contribution in [0.4, 0.5) is 0 Å². The van der Waals surface area contributed by atoms with Crippen molar-refractivity contribution < 1.29 is 0 Å². The summed E-state index contributed by atoms with van der Waals surface area (Å²) in [7, 11) is 2.84. The number of hydrogen-bond acceptors (Lipinski definition) is 0. The molecule has 0 aromatic rings. The average Bonchev–Trinajstić information content (AvgIpc) is 2.72. The average molecular weight is 333 g/mol. The monoisotopic (exact) mass is 333 g/mol. The molecular weight excluding hydrogens is 287 g/mol. The maximum atomic E-state index is 2.84. The van der Waals surface area contributed by atoms with E-state index in [1.54, 1.807) is 0 Å². The SMILES string of the molecule is CCCCCCCC([B]C1CCCCCCCC1)CCCCCC. The number of hydrogen-bond donors (Lipinski definition) is 0. The summed E-state index contributed by atoms with van der Waals surface area (Å²) in [6, 6.07) is 0. The van der Waals surface area contributed by atoms with Gasteiger partial charge >= 0.3 is 0 Å². The molecule has 1 fully saturated rings. The van der Waals surface area contributed by atoms with E-state index in [0.29, 0.717) is 0 Å². The summed E-state index contributed by atoms with van der Waals surface area (Å²) in [5.41, 5.74) is 0. The highest BCUT2D eigenvalue weighted by atomic mass is 14.1. The van der Waals surface area contributed by atoms with Gasteiger partial charge in [-0.15, -0.1) is 0 Å². The molecule has 1 heteroatoms. The minimum atomic E-state index is 0.925. The Balaban J connectivity index is 2.32. The molecule has 0 N–H and O–H groups in total. The van der Waals surface area contributed by atoms with Gasteiger partial charge in [0.05, 0.1) is 0 Å². The molecule has 1 aliphatic rings. The highest BCUT2D eigenvalue weighted by Crippen LogP contribution is 2.32. The molecule has 1 rings (SSSR count). The van der Waals surface area contributed by atoms with Gasteiger partial charge in [0.25, 0.3) is 0 Å². The molecule has 0 amide bonds. The lowest BCUT2D eigenvalue weighted by Gasteiger charge is -2.23. The summed E-state index contributed by atoms with van der Waals surface area (Å²) >= 11 is 0. The third-order valence-corrected chi connectivity index (χ3v) is 6.05. The standard InChI is InChI=1S/C23H46B/c1-3-5-7-11-15-19-22(18-14-8-6-4-2)24-23-20-16-12-9-10-13-17-21-23/h22-23H,3-21H2,1-2H3. The Morgan fingerprint density at radius 3 is 1.62 bits per heavy atom. The van der Waals surface area contributed by atoms with Gasteiger partial charge in [0.15, 0.2) is 0 Å². The lowest BCUT2D eigenvalue weighted by molar-refractivity contribution is 0.533. The van der Waals surface area contributed by atoms with Gasteiger partial charge in [-0.1, -0.05) is 147 Å². The zero-order valence-corrected chi connectivity index (χ0v) is 17.2. The molecule has 24 heavy (non-hydrogen) atoms. The Hall–Kier alpha value is 0.0649. The lowest BCUT2D eigenvalue weighted by atomic mass is 9.50. The largest absolute Gasteiger partial charge is 0.117 e. The first-order valence-corrected chi connectivity index (χ1v) is 11.7. The summed E-state index contributed by atoms with van der Waals surface area (Å²) in [6.07, 6.45) is 27.8. The molecule has 0 aromatic heterocycles. The van der Waals surface area contributed by atoms with Crippen LogP contribution in [-0.2, 0) is 0 Å². The van der Waals surface area contributed by atoms with Crippen LogP contribution in [0.3, 0.4) is 0 Å². The summed E-state index contributed by atoms with van der Waals surface area (Å²) in [6.45, 7) is 4.65. The lowest BCUT2D eigenvalue weighted by Crippen LogP contribution is -2.12. The molecule has 0 heterocycles. The van der Waals surface area contributed by atoms with Gasteiger partial charge in [0.1, 0.15) is 7.28 Å². The molecule has 1 aliphatic carbocycles. The summed E-state index contributed by atoms with van der Waals surface area (Å²) in [4.78, 5) is 0. The fraction of sp³-hybridized carbons (Fsp3) is 1.00. The van der Waals surface area contributed by atoms with Crippen LogP contribution in [0.15, 0.2) is 0 Å². The van der Waals surface area contributed by atoms with Crippen molar-refractivity contribution in [3.8, 4) is 0 Å². The third kappa shape index (κ3) is 12.4. The first-order chi connectivity index (χ1) is 11.9. The van der Waals surface area contributed by atoms with Crippen molar-refractivity contribution in [2.75, 3.05) is 0 Å². The van der Waals surface area contributed by atoms with E-state index in [1.165, 1.54) is 122 Å². The van der Waals surface area contributed by atoms with Crippen molar-refractivity contribution in [1.29, 1.82) is 0 Å². The highest BCUT2D eigenvalue weighted by Gasteiger charge is 2.18. The second-order valence-electron chi connectivity index (χ2n) is 8.46. The quantitative estimate of drug-likeness (QED) is 0.233. The first-order valence-electron chi connectivity index (χ1n) is 11.7. The molecule has 1 radical (unpaired) electrons. The molecule has 0 aliphatic heterocycles. The first kappa shape index (κ1) is 22.1. The fourth-order valence-electron chi connectivity index (χ4n) is 4.42. The van der Waals surface area contributed by atoms with E-state index in [-0.39, 0.29) is 0 Å². The van der Waals surface area contributed by atoms with Crippen LogP contribution in [0, 0.1) is 0 Å². The summed E-state index contributed by atoms with van der Waals surface area (Å²) in [5, 5.41) is 0. The van der Waals surface area contributed by atoms with Crippen LogP contribution in [0.25, 0.3) is 0 Å². The molecule has 0 spiro atoms. The van der Waals surface area contributed by atoms with Gasteiger partial charge in [0.2, 0.25) is 0 Å². The van der Waals surface area contributed by atoms with E-state index >= 15 is 0 Å². The predicted octanol–water partition coefficient (Wildman–Crippen LogP) is 8.73. The molecule has 1 saturated carbocycles. The molecule has 0 bridgehead atoms. The Bertz CT molecular complexity index is 240. The third-order valence-electron chi connectivity index (χ3n) is 6.05. The van der Waals surface area contributed by atoms with Gasteiger partial charge in [-0.2, -0.15) is 0 Å². The van der Waals surface area contributed by atoms with Crippen LogP contribution in [0.5, 0.6) is 0 Å². The molecule has 141 valence electrons. The predicted molar refractivity (Wildman–Crippen MR) is 112 cm³/mol. The van der Waals surface area contributed by atoms with Gasteiger partial charge in [-0.25, -0.2) is 0 Å². The summed E-state index contributed by atoms with van der Waals surface area (Å²) < 4.78 is 0. The highest BCUT2D eigenvalue weighted by molar-refractivity contribution is 6.39. The van der Waals surface area contributed by atoms with E-state index < -0.39 is 0 Å². The van der Waals surface area contributed by atoms with Crippen molar-refractivity contribution in [1.82, 2.24) is 0 Å². The molecular formula is C23H46B. The van der Waals surface area contributed by atoms with Gasteiger partial charge in [-0.3, -0.25) is 0 Å². The topological polar surface area (TPSA) is 0 Å². The Labute approximate surface area is 155 Å². The molecule has 1 unspecified atom stereocenters. The van der Waals surface area contributed by atoms with Crippen molar-refractivity contribution >= 4 is 7.28 Å². The van der Waals surface area contributed by atoms with Crippen molar-refractivity contribution in [2.24, 2.45) is 0 Å². The Morgan fingerprint density at radius 2 is 1.08 bits per heavy atom. The van der Waals surface area contributed by atoms with Gasteiger partial charge in [0, 0.05) is 0 Å². The van der Waals surface area contributed by atoms with Crippen LogP contribution >= 0.6 is 0 Å². The molecule has 0 aromatic carbocycles. The zero-order valence-electron chi connectivity index (χ0n) is 17.2. The van der Waals surface area contributed by atoms with Crippen LogP contribution in [0.2, 0.25) is 11.6 Å². The maximum absolute atomic E-state index is 2.84. The van der Waals surface area contributed by atoms with Crippen molar-refractivity contribution in [2.45, 2.75) is 147 Å². The van der Waals surface area contributed by atoms with E-state index in [0.717, 1.165) is 11.6 Å². The minimum absolute atomic E-state index is 0.925. The van der Waals surface area contributed by atoms with E-state index in [2.05, 4.69) is 21.1 Å². The normalized spacial score (nSPS) is 18.6. The van der Waals surface area contributed by atoms with E-state index in [4.69, 9.17) is 0 Å². The second kappa shape index (κ2) is 16.5. The van der Waals surface area contributed by atoms with Gasteiger partial charge in [-0.05, 0) is 0 Å².